The summed E-state index contributed by atoms with van der Waals surface area (Å²) in [6.45, 7) is 22.7. The van der Waals surface area contributed by atoms with Crippen LogP contribution >= 0.6 is 0 Å². The van der Waals surface area contributed by atoms with E-state index in [1.807, 2.05) is 13.8 Å². The van der Waals surface area contributed by atoms with Gasteiger partial charge in [0.25, 0.3) is 0 Å². The first kappa shape index (κ1) is 46.4. The van der Waals surface area contributed by atoms with Crippen LogP contribution in [0.1, 0.15) is 186 Å². The summed E-state index contributed by atoms with van der Waals surface area (Å²) in [5.41, 5.74) is 1.98. The van der Waals surface area contributed by atoms with Crippen LogP contribution in [0.3, 0.4) is 0 Å². The van der Waals surface area contributed by atoms with E-state index < -0.39 is 11.9 Å². The Morgan fingerprint density at radius 3 is 1.00 bits per heavy atom. The largest absolute Gasteiger partial charge is 1.00 e. The van der Waals surface area contributed by atoms with E-state index in [0.29, 0.717) is 11.8 Å². The first-order chi connectivity index (χ1) is 20.3. The van der Waals surface area contributed by atoms with E-state index in [1.54, 1.807) is 0 Å². The van der Waals surface area contributed by atoms with Gasteiger partial charge in [-0.25, -0.2) is 9.59 Å². The van der Waals surface area contributed by atoms with Gasteiger partial charge in [-0.15, -0.1) is 0 Å². The molecule has 0 rings (SSSR count). The van der Waals surface area contributed by atoms with E-state index in [0.717, 1.165) is 60.5 Å². The van der Waals surface area contributed by atoms with Crippen LogP contribution < -0.4 is 51.4 Å². The van der Waals surface area contributed by atoms with Gasteiger partial charge in [-0.2, -0.15) is 0 Å². The quantitative estimate of drug-likeness (QED) is 0.0408. The number of carbonyl (C=O) groups is 2. The Labute approximate surface area is 319 Å². The van der Waals surface area contributed by atoms with Crippen LogP contribution in [0, 0.1) is 35.5 Å². The second kappa shape index (κ2) is 29.4. The van der Waals surface area contributed by atoms with Crippen molar-refractivity contribution in [2.75, 3.05) is 0 Å². The van der Waals surface area contributed by atoms with Crippen molar-refractivity contribution >= 4 is 11.9 Å². The molecule has 44 heavy (non-hydrogen) atoms. The molecule has 0 aliphatic rings. The summed E-state index contributed by atoms with van der Waals surface area (Å²) in [6.07, 6.45) is 25.3. The van der Waals surface area contributed by atoms with E-state index in [1.165, 1.54) is 102 Å². The minimum Gasteiger partial charge on any atom is -1.00 e. The van der Waals surface area contributed by atoms with Gasteiger partial charge in [-0.1, -0.05) is 156 Å². The van der Waals surface area contributed by atoms with Crippen LogP contribution in [0.15, 0.2) is 23.3 Å². The first-order valence-electron chi connectivity index (χ1n) is 18.4. The zero-order valence-electron chi connectivity index (χ0n) is 32.6. The third kappa shape index (κ3) is 30.9. The van der Waals surface area contributed by atoms with Crippen LogP contribution in [0.5, 0.6) is 0 Å². The second-order valence-corrected chi connectivity index (χ2v) is 15.4. The van der Waals surface area contributed by atoms with Gasteiger partial charge in [0, 0.05) is 12.2 Å². The number of allylic oxidation sites excluding steroid dienone is 2. The van der Waals surface area contributed by atoms with Gasteiger partial charge in [0.1, 0.15) is 0 Å². The van der Waals surface area contributed by atoms with Crippen LogP contribution in [0.4, 0.5) is 0 Å². The van der Waals surface area contributed by atoms with Gasteiger partial charge < -0.3 is 6.16 Å². The molecule has 0 aromatic rings. The molecule has 254 valence electrons. The number of hydrogen-bond donors (Lipinski definition) is 0. The molecule has 4 atom stereocenters. The van der Waals surface area contributed by atoms with Gasteiger partial charge in [-0.3, -0.25) is 0 Å². The Balaban J connectivity index is -0.00000882. The maximum atomic E-state index is 12.3. The van der Waals surface area contributed by atoms with E-state index in [2.05, 4.69) is 55.4 Å². The fraction of sp³-hybridized carbons (Fsp3) is 0.850. The maximum Gasteiger partial charge on any atom is 1.00 e. The molecule has 0 heterocycles. The topological polar surface area (TPSA) is 43.4 Å². The van der Waals surface area contributed by atoms with Crippen LogP contribution in [-0.2, 0) is 14.3 Å². The van der Waals surface area contributed by atoms with E-state index in [4.69, 9.17) is 4.74 Å². The Kier molecular flexibility index (Phi) is 31.0. The van der Waals surface area contributed by atoms with Crippen molar-refractivity contribution in [3.63, 3.8) is 0 Å². The van der Waals surface area contributed by atoms with Gasteiger partial charge >= 0.3 is 63.3 Å². The third-order valence-electron chi connectivity index (χ3n) is 9.21. The molecule has 0 amide bonds. The Morgan fingerprint density at radius 2 is 0.727 bits per heavy atom. The average Bonchev–Trinajstić information content (AvgIpc) is 2.87. The molecule has 0 radical (unpaired) electrons. The predicted octanol–water partition coefficient (Wildman–Crippen LogP) is 9.94. The average molecular weight is 643 g/mol. The normalized spacial score (nSPS) is 15.2. The zero-order valence-corrected chi connectivity index (χ0v) is 34.7. The molecule has 0 aliphatic heterocycles. The van der Waals surface area contributed by atoms with Crippen LogP contribution in [-0.4, -0.2) is 11.9 Å². The number of hydrogen-bond acceptors (Lipinski definition) is 3. The van der Waals surface area contributed by atoms with E-state index in [9.17, 15) is 9.59 Å². The van der Waals surface area contributed by atoms with Gasteiger partial charge in [-0.05, 0) is 75.0 Å². The molecule has 0 fully saturated rings. The number of carbonyl (C=O) groups excluding carboxylic acids is 2. The second-order valence-electron chi connectivity index (χ2n) is 15.4. The van der Waals surface area contributed by atoms with E-state index in [-0.39, 0.29) is 52.8 Å². The van der Waals surface area contributed by atoms with Gasteiger partial charge in [0.15, 0.2) is 0 Å². The van der Waals surface area contributed by atoms with Crippen molar-refractivity contribution in [3.05, 3.63) is 23.3 Å². The number of esters is 2. The molecule has 4 heteroatoms. The smallest absolute Gasteiger partial charge is 1.00 e. The van der Waals surface area contributed by atoms with Crippen molar-refractivity contribution in [1.29, 1.82) is 0 Å². The molecule has 0 aromatic carbocycles. The number of rotatable bonds is 26. The minimum atomic E-state index is -0.543. The summed E-state index contributed by atoms with van der Waals surface area (Å²) in [7, 11) is 0. The zero-order chi connectivity index (χ0) is 32.6. The molecule has 0 saturated carbocycles. The van der Waals surface area contributed by atoms with Crippen LogP contribution in [0.2, 0.25) is 0 Å². The molecule has 0 aromatic heterocycles. The minimum absolute atomic E-state index is 0. The summed E-state index contributed by atoms with van der Waals surface area (Å²) >= 11 is 0. The molecule has 0 spiro atoms. The van der Waals surface area contributed by atoms with Crippen molar-refractivity contribution in [3.8, 4) is 0 Å². The maximum absolute atomic E-state index is 12.3. The fourth-order valence-corrected chi connectivity index (χ4v) is 6.12. The van der Waals surface area contributed by atoms with Crippen molar-refractivity contribution in [2.24, 2.45) is 35.5 Å². The summed E-state index contributed by atoms with van der Waals surface area (Å²) < 4.78 is 5.05. The monoisotopic (exact) mass is 643 g/mol. The van der Waals surface area contributed by atoms with Crippen LogP contribution in [0.25, 0.3) is 0 Å². The van der Waals surface area contributed by atoms with Crippen molar-refractivity contribution < 1.29 is 67.1 Å². The summed E-state index contributed by atoms with van der Waals surface area (Å²) in [5, 5.41) is 0. The van der Waals surface area contributed by atoms with Crippen molar-refractivity contribution in [1.82, 2.24) is 0 Å². The SMILES string of the molecule is C/C(=C\C(=O)OC(=O)/C=C(\C)CCC[C@H](C)CCC[C@H](C)CCCC(C)C)CCC[C@H](C)CCC[C@H](C)CCCC(C)C.[H-].[K+]. The molecular formula is C40H75KO3. The standard InChI is InChI=1S/C40H74O3.K.H/c1-31(2)17-11-19-33(5)21-13-23-35(7)25-15-27-37(9)29-39(41)43-40(42)30-38(10)28-16-26-36(8)24-14-22-34(6)20-12-18-32(3)4;;/h29-36H,11-28H2,1-10H3;;/q;+1;-1/b37-29+,38-30+;;/t33-,34-,35-,36-;;/m1../s1. The third-order valence-corrected chi connectivity index (χ3v) is 9.21. The summed E-state index contributed by atoms with van der Waals surface area (Å²) in [5.74, 6) is 3.66. The Bertz CT molecular complexity index is 724. The van der Waals surface area contributed by atoms with Gasteiger partial charge in [0.05, 0.1) is 0 Å². The molecule has 3 nitrogen and oxygen atoms in total. The molecular weight excluding hydrogens is 568 g/mol. The number of ether oxygens (including phenoxy) is 1. The Hall–Kier alpha value is 0.256. The molecule has 0 saturated heterocycles. The molecule has 0 N–H and O–H groups in total. The summed E-state index contributed by atoms with van der Waals surface area (Å²) in [4.78, 5) is 24.5. The fourth-order valence-electron chi connectivity index (χ4n) is 6.12. The van der Waals surface area contributed by atoms with Gasteiger partial charge in [0.2, 0.25) is 0 Å². The van der Waals surface area contributed by atoms with Crippen molar-refractivity contribution in [2.45, 2.75) is 185 Å². The molecule has 0 aliphatic carbocycles. The molecule has 0 bridgehead atoms. The first-order valence-corrected chi connectivity index (χ1v) is 18.4. The molecule has 0 unspecified atom stereocenters. The Morgan fingerprint density at radius 1 is 0.477 bits per heavy atom. The van der Waals surface area contributed by atoms with E-state index >= 15 is 0 Å². The summed E-state index contributed by atoms with van der Waals surface area (Å²) in [6, 6.07) is 0. The predicted molar refractivity (Wildman–Crippen MR) is 189 cm³/mol.